The standard InChI is InChI=1S/C21H19ClFN3O/c22-17-5-1-3-15(11-17)9-10-24-19-7-8-20(25-14-19)26-21(27)13-16-4-2-6-18(23)12-16/h1-8,11-12,14,24H,9-10,13H2,(H,25,26,27). The van der Waals surface area contributed by atoms with Crippen molar-refractivity contribution in [3.63, 3.8) is 0 Å². The Labute approximate surface area is 162 Å². The molecule has 0 bridgehead atoms. The molecule has 1 aromatic heterocycles. The van der Waals surface area contributed by atoms with Gasteiger partial charge in [0.05, 0.1) is 18.3 Å². The number of amides is 1. The molecule has 2 N–H and O–H groups in total. The highest BCUT2D eigenvalue weighted by atomic mass is 35.5. The Morgan fingerprint density at radius 2 is 1.85 bits per heavy atom. The third kappa shape index (κ3) is 6.08. The topological polar surface area (TPSA) is 54.0 Å². The van der Waals surface area contributed by atoms with Gasteiger partial charge in [0.15, 0.2) is 0 Å². The van der Waals surface area contributed by atoms with Crippen LogP contribution in [0.15, 0.2) is 66.9 Å². The van der Waals surface area contributed by atoms with Gasteiger partial charge in [0.1, 0.15) is 11.6 Å². The molecule has 0 aliphatic heterocycles. The number of aromatic nitrogens is 1. The Morgan fingerprint density at radius 1 is 1.04 bits per heavy atom. The first kappa shape index (κ1) is 18.9. The molecule has 0 radical (unpaired) electrons. The molecule has 0 unspecified atom stereocenters. The monoisotopic (exact) mass is 383 g/mol. The number of halogens is 2. The fourth-order valence-electron chi connectivity index (χ4n) is 2.64. The molecule has 0 saturated heterocycles. The maximum Gasteiger partial charge on any atom is 0.229 e. The number of nitrogens with one attached hydrogen (secondary N) is 2. The second kappa shape index (κ2) is 9.14. The van der Waals surface area contributed by atoms with E-state index in [4.69, 9.17) is 11.6 Å². The average Bonchev–Trinajstić information content (AvgIpc) is 2.63. The zero-order chi connectivity index (χ0) is 19.1. The highest BCUT2D eigenvalue weighted by molar-refractivity contribution is 6.30. The molecule has 6 heteroatoms. The van der Waals surface area contributed by atoms with Crippen LogP contribution in [0.5, 0.6) is 0 Å². The second-order valence-electron chi connectivity index (χ2n) is 6.09. The van der Waals surface area contributed by atoms with Crippen LogP contribution in [0.1, 0.15) is 11.1 Å². The van der Waals surface area contributed by atoms with E-state index in [1.807, 2.05) is 30.3 Å². The molecule has 1 amide bonds. The first-order valence-corrected chi connectivity index (χ1v) is 8.95. The summed E-state index contributed by atoms with van der Waals surface area (Å²) in [6.07, 6.45) is 2.60. The van der Waals surface area contributed by atoms with E-state index < -0.39 is 0 Å². The van der Waals surface area contributed by atoms with Gasteiger partial charge in [-0.05, 0) is 53.9 Å². The first-order chi connectivity index (χ1) is 13.1. The molecule has 0 fully saturated rings. The van der Waals surface area contributed by atoms with Gasteiger partial charge < -0.3 is 10.6 Å². The number of hydrogen-bond acceptors (Lipinski definition) is 3. The summed E-state index contributed by atoms with van der Waals surface area (Å²) in [7, 11) is 0. The third-order valence-electron chi connectivity index (χ3n) is 3.92. The van der Waals surface area contributed by atoms with Crippen LogP contribution in [0.25, 0.3) is 0 Å². The number of rotatable bonds is 7. The van der Waals surface area contributed by atoms with Crippen LogP contribution in [0, 0.1) is 5.82 Å². The van der Waals surface area contributed by atoms with Crippen molar-refractivity contribution < 1.29 is 9.18 Å². The third-order valence-corrected chi connectivity index (χ3v) is 4.15. The molecule has 3 rings (SSSR count). The molecule has 0 spiro atoms. The zero-order valence-corrected chi connectivity index (χ0v) is 15.3. The van der Waals surface area contributed by atoms with Crippen molar-refractivity contribution in [1.29, 1.82) is 0 Å². The lowest BCUT2D eigenvalue weighted by atomic mass is 10.1. The minimum Gasteiger partial charge on any atom is -0.383 e. The number of anilines is 2. The molecule has 0 atom stereocenters. The van der Waals surface area contributed by atoms with Crippen LogP contribution in [-0.2, 0) is 17.6 Å². The lowest BCUT2D eigenvalue weighted by molar-refractivity contribution is -0.115. The number of benzene rings is 2. The van der Waals surface area contributed by atoms with Gasteiger partial charge in [-0.25, -0.2) is 9.37 Å². The summed E-state index contributed by atoms with van der Waals surface area (Å²) in [6, 6.07) is 17.3. The summed E-state index contributed by atoms with van der Waals surface area (Å²) < 4.78 is 13.2. The summed E-state index contributed by atoms with van der Waals surface area (Å²) in [6.45, 7) is 0.743. The minimum absolute atomic E-state index is 0.0963. The number of hydrogen-bond donors (Lipinski definition) is 2. The van der Waals surface area contributed by atoms with E-state index in [2.05, 4.69) is 15.6 Å². The Balaban J connectivity index is 1.47. The molecule has 0 aliphatic rings. The highest BCUT2D eigenvalue weighted by Crippen LogP contribution is 2.13. The smallest absolute Gasteiger partial charge is 0.229 e. The van der Waals surface area contributed by atoms with Crippen molar-refractivity contribution in [2.24, 2.45) is 0 Å². The predicted molar refractivity (Wildman–Crippen MR) is 107 cm³/mol. The Kier molecular flexibility index (Phi) is 6.39. The predicted octanol–water partition coefficient (Wildman–Crippen LogP) is 4.71. The first-order valence-electron chi connectivity index (χ1n) is 8.57. The SMILES string of the molecule is O=C(Cc1cccc(F)c1)Nc1ccc(NCCc2cccc(Cl)c2)cn1. The number of carbonyl (C=O) groups is 1. The molecule has 2 aromatic carbocycles. The normalized spacial score (nSPS) is 10.4. The fraction of sp³-hybridized carbons (Fsp3) is 0.143. The van der Waals surface area contributed by atoms with Gasteiger partial charge in [0, 0.05) is 11.6 Å². The summed E-state index contributed by atoms with van der Waals surface area (Å²) in [4.78, 5) is 16.3. The molecule has 0 saturated carbocycles. The Bertz CT molecular complexity index is 915. The molecule has 3 aromatic rings. The summed E-state index contributed by atoms with van der Waals surface area (Å²) >= 11 is 5.97. The summed E-state index contributed by atoms with van der Waals surface area (Å²) in [5.41, 5.74) is 2.64. The van der Waals surface area contributed by atoms with E-state index >= 15 is 0 Å². The van der Waals surface area contributed by atoms with E-state index in [-0.39, 0.29) is 18.1 Å². The van der Waals surface area contributed by atoms with E-state index in [0.29, 0.717) is 11.4 Å². The van der Waals surface area contributed by atoms with E-state index in [9.17, 15) is 9.18 Å². The molecule has 138 valence electrons. The molecule has 27 heavy (non-hydrogen) atoms. The van der Waals surface area contributed by atoms with Crippen molar-refractivity contribution in [3.8, 4) is 0 Å². The molecular weight excluding hydrogens is 365 g/mol. The van der Waals surface area contributed by atoms with Gasteiger partial charge >= 0.3 is 0 Å². The summed E-state index contributed by atoms with van der Waals surface area (Å²) in [5, 5.41) is 6.72. The van der Waals surface area contributed by atoms with Crippen LogP contribution in [-0.4, -0.2) is 17.4 Å². The average molecular weight is 384 g/mol. The Morgan fingerprint density at radius 3 is 2.59 bits per heavy atom. The maximum atomic E-state index is 13.2. The van der Waals surface area contributed by atoms with Crippen molar-refractivity contribution in [3.05, 3.63) is 88.8 Å². The van der Waals surface area contributed by atoms with E-state index in [1.165, 1.54) is 12.1 Å². The van der Waals surface area contributed by atoms with Crippen molar-refractivity contribution in [2.75, 3.05) is 17.2 Å². The minimum atomic E-state index is -0.355. The molecule has 4 nitrogen and oxygen atoms in total. The molecule has 1 heterocycles. The van der Waals surface area contributed by atoms with E-state index in [0.717, 1.165) is 29.2 Å². The van der Waals surface area contributed by atoms with Crippen LogP contribution < -0.4 is 10.6 Å². The maximum absolute atomic E-state index is 13.2. The lowest BCUT2D eigenvalue weighted by Gasteiger charge is -2.08. The number of carbonyl (C=O) groups excluding carboxylic acids is 1. The van der Waals surface area contributed by atoms with Gasteiger partial charge in [-0.15, -0.1) is 0 Å². The van der Waals surface area contributed by atoms with Gasteiger partial charge in [-0.1, -0.05) is 35.9 Å². The second-order valence-corrected chi connectivity index (χ2v) is 6.53. The number of nitrogens with zero attached hydrogens (tertiary/aromatic N) is 1. The van der Waals surface area contributed by atoms with Crippen LogP contribution in [0.2, 0.25) is 5.02 Å². The quantitative estimate of drug-likeness (QED) is 0.621. The molecule has 0 aliphatic carbocycles. The lowest BCUT2D eigenvalue weighted by Crippen LogP contribution is -2.15. The molecular formula is C21H19ClFN3O. The van der Waals surface area contributed by atoms with Crippen LogP contribution in [0.3, 0.4) is 0 Å². The number of pyridine rings is 1. The van der Waals surface area contributed by atoms with Crippen LogP contribution in [0.4, 0.5) is 15.9 Å². The van der Waals surface area contributed by atoms with Gasteiger partial charge in [-0.3, -0.25) is 4.79 Å². The summed E-state index contributed by atoms with van der Waals surface area (Å²) in [5.74, 6) is -0.141. The zero-order valence-electron chi connectivity index (χ0n) is 14.6. The van der Waals surface area contributed by atoms with Gasteiger partial charge in [0.2, 0.25) is 5.91 Å². The van der Waals surface area contributed by atoms with Gasteiger partial charge in [0.25, 0.3) is 0 Å². The van der Waals surface area contributed by atoms with E-state index in [1.54, 1.807) is 24.4 Å². The van der Waals surface area contributed by atoms with Crippen molar-refractivity contribution in [2.45, 2.75) is 12.8 Å². The highest BCUT2D eigenvalue weighted by Gasteiger charge is 2.06. The van der Waals surface area contributed by atoms with Crippen molar-refractivity contribution >= 4 is 29.0 Å². The van der Waals surface area contributed by atoms with Crippen LogP contribution >= 0.6 is 11.6 Å². The Hall–Kier alpha value is -2.92. The van der Waals surface area contributed by atoms with Gasteiger partial charge in [-0.2, -0.15) is 0 Å². The van der Waals surface area contributed by atoms with Crippen molar-refractivity contribution in [1.82, 2.24) is 4.98 Å². The fourth-order valence-corrected chi connectivity index (χ4v) is 2.85. The largest absolute Gasteiger partial charge is 0.383 e.